The van der Waals surface area contributed by atoms with Crippen molar-refractivity contribution in [1.29, 1.82) is 0 Å². The largest absolute Gasteiger partial charge is 0.376 e. The van der Waals surface area contributed by atoms with Crippen molar-refractivity contribution in [2.24, 2.45) is 0 Å². The lowest BCUT2D eigenvalue weighted by Gasteiger charge is -2.09. The van der Waals surface area contributed by atoms with Crippen LogP contribution in [0.5, 0.6) is 0 Å². The molecule has 0 unspecified atom stereocenters. The van der Waals surface area contributed by atoms with Crippen LogP contribution in [0.1, 0.15) is 43.7 Å². The molecule has 0 spiro atoms. The number of carbonyl (C=O) groups is 1. The van der Waals surface area contributed by atoms with Crippen molar-refractivity contribution in [3.63, 3.8) is 0 Å². The van der Waals surface area contributed by atoms with E-state index in [4.69, 9.17) is 4.74 Å². The number of benzene rings is 1. The van der Waals surface area contributed by atoms with Crippen LogP contribution in [0.25, 0.3) is 6.08 Å². The topological polar surface area (TPSA) is 38.3 Å². The molecule has 1 aromatic rings. The third kappa shape index (κ3) is 4.49. The molecule has 1 aliphatic rings. The van der Waals surface area contributed by atoms with Crippen LogP contribution >= 0.6 is 0 Å². The second-order valence-electron chi connectivity index (χ2n) is 5.53. The Kier molecular flexibility index (Phi) is 5.36. The van der Waals surface area contributed by atoms with E-state index in [2.05, 4.69) is 31.3 Å². The molecule has 3 heteroatoms. The Morgan fingerprint density at radius 1 is 1.40 bits per heavy atom. The number of ether oxygens (including phenoxy) is 1. The van der Waals surface area contributed by atoms with E-state index in [0.29, 0.717) is 12.5 Å². The minimum atomic E-state index is -0.0616. The van der Waals surface area contributed by atoms with E-state index in [-0.39, 0.29) is 12.0 Å². The molecule has 1 aliphatic heterocycles. The Labute approximate surface area is 121 Å². The predicted octanol–water partition coefficient (Wildman–Crippen LogP) is 3.12. The van der Waals surface area contributed by atoms with Gasteiger partial charge >= 0.3 is 0 Å². The van der Waals surface area contributed by atoms with Gasteiger partial charge < -0.3 is 10.1 Å². The van der Waals surface area contributed by atoms with Crippen LogP contribution in [-0.2, 0) is 9.53 Å². The van der Waals surface area contributed by atoms with Gasteiger partial charge in [-0.3, -0.25) is 4.79 Å². The van der Waals surface area contributed by atoms with Crippen molar-refractivity contribution >= 4 is 12.0 Å². The van der Waals surface area contributed by atoms with Crippen LogP contribution < -0.4 is 5.32 Å². The summed E-state index contributed by atoms with van der Waals surface area (Å²) in [5.74, 6) is 0.469. The van der Waals surface area contributed by atoms with E-state index in [9.17, 15) is 4.79 Å². The molecule has 0 aliphatic carbocycles. The fraction of sp³-hybridized carbons (Fsp3) is 0.471. The lowest BCUT2D eigenvalue weighted by molar-refractivity contribution is -0.116. The highest BCUT2D eigenvalue weighted by Crippen LogP contribution is 2.15. The minimum Gasteiger partial charge on any atom is -0.376 e. The van der Waals surface area contributed by atoms with Gasteiger partial charge in [0.2, 0.25) is 5.91 Å². The molecular weight excluding hydrogens is 250 g/mol. The molecule has 1 N–H and O–H groups in total. The molecule has 2 rings (SSSR count). The summed E-state index contributed by atoms with van der Waals surface area (Å²) < 4.78 is 5.46. The summed E-state index contributed by atoms with van der Waals surface area (Å²) in [6.45, 7) is 5.76. The Bertz CT molecular complexity index is 456. The average molecular weight is 273 g/mol. The highest BCUT2D eigenvalue weighted by atomic mass is 16.5. The molecule has 20 heavy (non-hydrogen) atoms. The number of carbonyl (C=O) groups excluding carboxylic acids is 1. The van der Waals surface area contributed by atoms with E-state index < -0.39 is 0 Å². The summed E-state index contributed by atoms with van der Waals surface area (Å²) in [5, 5.41) is 2.87. The Balaban J connectivity index is 1.80. The van der Waals surface area contributed by atoms with Gasteiger partial charge in [0, 0.05) is 19.2 Å². The van der Waals surface area contributed by atoms with Gasteiger partial charge in [0.1, 0.15) is 0 Å². The van der Waals surface area contributed by atoms with Gasteiger partial charge in [0.25, 0.3) is 0 Å². The van der Waals surface area contributed by atoms with E-state index in [1.807, 2.05) is 18.2 Å². The van der Waals surface area contributed by atoms with E-state index in [1.165, 1.54) is 5.56 Å². The van der Waals surface area contributed by atoms with Crippen molar-refractivity contribution in [3.8, 4) is 0 Å². The molecule has 1 saturated heterocycles. The quantitative estimate of drug-likeness (QED) is 0.837. The third-order valence-corrected chi connectivity index (χ3v) is 3.56. The van der Waals surface area contributed by atoms with Crippen LogP contribution in [0.4, 0.5) is 0 Å². The number of hydrogen-bond donors (Lipinski definition) is 1. The summed E-state index contributed by atoms with van der Waals surface area (Å²) >= 11 is 0. The summed E-state index contributed by atoms with van der Waals surface area (Å²) in [4.78, 5) is 11.7. The lowest BCUT2D eigenvalue weighted by atomic mass is 10.0. The summed E-state index contributed by atoms with van der Waals surface area (Å²) in [6, 6.07) is 8.29. The smallest absolute Gasteiger partial charge is 0.244 e. The first-order valence-electron chi connectivity index (χ1n) is 7.32. The van der Waals surface area contributed by atoms with Gasteiger partial charge in [-0.2, -0.15) is 0 Å². The first-order chi connectivity index (χ1) is 9.65. The number of amides is 1. The summed E-state index contributed by atoms with van der Waals surface area (Å²) in [7, 11) is 0. The molecule has 1 atom stereocenters. The van der Waals surface area contributed by atoms with E-state index >= 15 is 0 Å². The normalized spacial score (nSPS) is 18.9. The standard InChI is InChI=1S/C17H23NO2/c1-13(2)15-8-5-14(6-9-15)7-10-17(19)18-12-16-4-3-11-20-16/h5-10,13,16H,3-4,11-12H2,1-2H3,(H,18,19)/b10-7+/t16-/m0/s1. The molecule has 1 aromatic carbocycles. The van der Waals surface area contributed by atoms with Crippen molar-refractivity contribution in [2.45, 2.75) is 38.7 Å². The third-order valence-electron chi connectivity index (χ3n) is 3.56. The predicted molar refractivity (Wildman–Crippen MR) is 81.5 cm³/mol. The summed E-state index contributed by atoms with van der Waals surface area (Å²) in [6.07, 6.45) is 5.76. The second-order valence-corrected chi connectivity index (χ2v) is 5.53. The van der Waals surface area contributed by atoms with Gasteiger partial charge in [0.05, 0.1) is 6.10 Å². The first-order valence-corrected chi connectivity index (χ1v) is 7.32. The SMILES string of the molecule is CC(C)c1ccc(/C=C/C(=O)NC[C@@H]2CCCO2)cc1. The van der Waals surface area contributed by atoms with Gasteiger partial charge in [-0.05, 0) is 36.0 Å². The fourth-order valence-electron chi connectivity index (χ4n) is 2.24. The molecule has 3 nitrogen and oxygen atoms in total. The lowest BCUT2D eigenvalue weighted by Crippen LogP contribution is -2.30. The van der Waals surface area contributed by atoms with Crippen LogP contribution in [0.3, 0.4) is 0 Å². The zero-order valence-electron chi connectivity index (χ0n) is 12.3. The van der Waals surface area contributed by atoms with E-state index in [1.54, 1.807) is 6.08 Å². The molecule has 0 aromatic heterocycles. The maximum absolute atomic E-state index is 11.7. The van der Waals surface area contributed by atoms with Gasteiger partial charge in [-0.15, -0.1) is 0 Å². The van der Waals surface area contributed by atoms with Crippen LogP contribution in [-0.4, -0.2) is 25.2 Å². The Morgan fingerprint density at radius 2 is 2.15 bits per heavy atom. The van der Waals surface area contributed by atoms with Crippen molar-refractivity contribution in [2.75, 3.05) is 13.2 Å². The van der Waals surface area contributed by atoms with Crippen LogP contribution in [0, 0.1) is 0 Å². The number of hydrogen-bond acceptors (Lipinski definition) is 2. The van der Waals surface area contributed by atoms with Crippen molar-refractivity contribution < 1.29 is 9.53 Å². The maximum Gasteiger partial charge on any atom is 0.244 e. The molecular formula is C17H23NO2. The van der Waals surface area contributed by atoms with Gasteiger partial charge in [-0.1, -0.05) is 38.1 Å². The fourth-order valence-corrected chi connectivity index (χ4v) is 2.24. The second kappa shape index (κ2) is 7.25. The summed E-state index contributed by atoms with van der Waals surface area (Å²) in [5.41, 5.74) is 2.35. The van der Waals surface area contributed by atoms with E-state index in [0.717, 1.165) is 25.0 Å². The monoisotopic (exact) mass is 273 g/mol. The zero-order chi connectivity index (χ0) is 14.4. The van der Waals surface area contributed by atoms with Crippen LogP contribution in [0.2, 0.25) is 0 Å². The number of rotatable bonds is 5. The van der Waals surface area contributed by atoms with Gasteiger partial charge in [0.15, 0.2) is 0 Å². The highest BCUT2D eigenvalue weighted by molar-refractivity contribution is 5.91. The van der Waals surface area contributed by atoms with Crippen molar-refractivity contribution in [3.05, 3.63) is 41.5 Å². The molecule has 1 fully saturated rings. The molecule has 0 bridgehead atoms. The van der Waals surface area contributed by atoms with Crippen molar-refractivity contribution in [1.82, 2.24) is 5.32 Å². The van der Waals surface area contributed by atoms with Crippen LogP contribution in [0.15, 0.2) is 30.3 Å². The highest BCUT2D eigenvalue weighted by Gasteiger charge is 2.15. The Hall–Kier alpha value is -1.61. The molecule has 0 radical (unpaired) electrons. The Morgan fingerprint density at radius 3 is 2.75 bits per heavy atom. The average Bonchev–Trinajstić information content (AvgIpc) is 2.96. The first kappa shape index (κ1) is 14.8. The molecule has 1 heterocycles. The minimum absolute atomic E-state index is 0.0616. The van der Waals surface area contributed by atoms with Gasteiger partial charge in [-0.25, -0.2) is 0 Å². The zero-order valence-corrected chi connectivity index (χ0v) is 12.3. The molecule has 0 saturated carbocycles. The molecule has 108 valence electrons. The molecule has 1 amide bonds. The number of nitrogens with one attached hydrogen (secondary N) is 1. The maximum atomic E-state index is 11.7.